The van der Waals surface area contributed by atoms with E-state index in [1.54, 1.807) is 4.90 Å². The highest BCUT2D eigenvalue weighted by Crippen LogP contribution is 2.36. The molecule has 0 unspecified atom stereocenters. The summed E-state index contributed by atoms with van der Waals surface area (Å²) in [5, 5.41) is 0.486. The zero-order valence-electron chi connectivity index (χ0n) is 14.0. The molecule has 1 fully saturated rings. The van der Waals surface area contributed by atoms with E-state index >= 15 is 0 Å². The number of para-hydroxylation sites is 1. The first-order valence-corrected chi connectivity index (χ1v) is 8.34. The normalized spacial score (nSPS) is 16.6. The molecule has 4 nitrogen and oxygen atoms in total. The highest BCUT2D eigenvalue weighted by atomic mass is 32.1. The molecule has 1 heterocycles. The lowest BCUT2D eigenvalue weighted by molar-refractivity contribution is -0.120. The van der Waals surface area contributed by atoms with E-state index in [-0.39, 0.29) is 5.91 Å². The van der Waals surface area contributed by atoms with E-state index < -0.39 is 5.54 Å². The van der Waals surface area contributed by atoms with E-state index in [2.05, 4.69) is 0 Å². The molecular formula is C19H20N2O2S. The van der Waals surface area contributed by atoms with E-state index in [0.717, 1.165) is 17.1 Å². The van der Waals surface area contributed by atoms with Gasteiger partial charge in [-0.2, -0.15) is 0 Å². The van der Waals surface area contributed by atoms with Gasteiger partial charge in [-0.05, 0) is 69.4 Å². The van der Waals surface area contributed by atoms with Crippen LogP contribution in [-0.4, -0.2) is 23.2 Å². The lowest BCUT2D eigenvalue weighted by Gasteiger charge is -2.29. The molecule has 24 heavy (non-hydrogen) atoms. The smallest absolute Gasteiger partial charge is 0.259 e. The predicted octanol–water partition coefficient (Wildman–Crippen LogP) is 4.00. The van der Waals surface area contributed by atoms with Gasteiger partial charge in [0, 0.05) is 5.69 Å². The van der Waals surface area contributed by atoms with Crippen molar-refractivity contribution < 1.29 is 9.53 Å². The number of carbonyl (C=O) groups is 1. The monoisotopic (exact) mass is 340 g/mol. The van der Waals surface area contributed by atoms with Gasteiger partial charge in [-0.1, -0.05) is 18.2 Å². The number of ether oxygens (including phenoxy) is 1. The predicted molar refractivity (Wildman–Crippen MR) is 101 cm³/mol. The number of hydrogen-bond acceptors (Lipinski definition) is 3. The zero-order valence-corrected chi connectivity index (χ0v) is 14.8. The van der Waals surface area contributed by atoms with Crippen LogP contribution in [-0.2, 0) is 4.79 Å². The van der Waals surface area contributed by atoms with Crippen molar-refractivity contribution in [2.75, 3.05) is 16.4 Å². The van der Waals surface area contributed by atoms with E-state index in [4.69, 9.17) is 17.0 Å². The Morgan fingerprint density at radius 1 is 1.00 bits per heavy atom. The van der Waals surface area contributed by atoms with Crippen LogP contribution in [0.15, 0.2) is 54.6 Å². The molecule has 1 aliphatic rings. The lowest BCUT2D eigenvalue weighted by atomic mass is 10.0. The summed E-state index contributed by atoms with van der Waals surface area (Å²) in [6, 6.07) is 17.2. The number of amides is 1. The third-order valence-electron chi connectivity index (χ3n) is 4.09. The molecule has 0 spiro atoms. The largest absolute Gasteiger partial charge is 0.494 e. The quantitative estimate of drug-likeness (QED) is 0.788. The first-order chi connectivity index (χ1) is 11.5. The number of benzene rings is 2. The molecule has 0 atom stereocenters. The Bertz CT molecular complexity index is 757. The standard InChI is InChI=1S/C19H20N2O2S/c1-4-23-16-12-10-15(11-13-16)21-18(24)20(17(22)19(21,2)3)14-8-6-5-7-9-14/h5-13H,4H2,1-3H3. The first kappa shape index (κ1) is 16.5. The van der Waals surface area contributed by atoms with Gasteiger partial charge in [0.1, 0.15) is 11.3 Å². The fourth-order valence-corrected chi connectivity index (χ4v) is 3.41. The molecule has 0 saturated carbocycles. The maximum Gasteiger partial charge on any atom is 0.259 e. The molecule has 0 aromatic heterocycles. The summed E-state index contributed by atoms with van der Waals surface area (Å²) in [6.07, 6.45) is 0. The molecule has 3 rings (SSSR count). The second-order valence-corrected chi connectivity index (χ2v) is 6.45. The molecule has 5 heteroatoms. The van der Waals surface area contributed by atoms with E-state index in [1.165, 1.54) is 0 Å². The number of nitrogens with zero attached hydrogens (tertiary/aromatic N) is 2. The Labute approximate surface area is 147 Å². The van der Waals surface area contributed by atoms with Crippen LogP contribution < -0.4 is 14.5 Å². The Kier molecular flexibility index (Phi) is 4.28. The minimum Gasteiger partial charge on any atom is -0.494 e. The van der Waals surface area contributed by atoms with Crippen molar-refractivity contribution >= 4 is 34.6 Å². The van der Waals surface area contributed by atoms with Gasteiger partial charge in [-0.3, -0.25) is 9.69 Å². The lowest BCUT2D eigenvalue weighted by Crippen LogP contribution is -2.44. The molecule has 1 saturated heterocycles. The third-order valence-corrected chi connectivity index (χ3v) is 4.45. The van der Waals surface area contributed by atoms with Crippen LogP contribution in [0.4, 0.5) is 11.4 Å². The van der Waals surface area contributed by atoms with Crippen LogP contribution in [0.3, 0.4) is 0 Å². The van der Waals surface area contributed by atoms with Crippen LogP contribution in [0, 0.1) is 0 Å². The van der Waals surface area contributed by atoms with Crippen LogP contribution in [0.2, 0.25) is 0 Å². The third kappa shape index (κ3) is 2.65. The fraction of sp³-hybridized carbons (Fsp3) is 0.263. The average molecular weight is 340 g/mol. The van der Waals surface area contributed by atoms with Crippen LogP contribution in [0.1, 0.15) is 20.8 Å². The van der Waals surface area contributed by atoms with Gasteiger partial charge in [0.2, 0.25) is 0 Å². The average Bonchev–Trinajstić information content (AvgIpc) is 2.75. The number of thiocarbonyl (C=S) groups is 1. The van der Waals surface area contributed by atoms with Crippen molar-refractivity contribution in [3.8, 4) is 5.75 Å². The molecule has 0 radical (unpaired) electrons. The SMILES string of the molecule is CCOc1ccc(N2C(=S)N(c3ccccc3)C(=O)C2(C)C)cc1. The molecule has 1 amide bonds. The summed E-state index contributed by atoms with van der Waals surface area (Å²) in [6.45, 7) is 6.35. The fourth-order valence-electron chi connectivity index (χ4n) is 2.89. The number of rotatable bonds is 4. The summed E-state index contributed by atoms with van der Waals surface area (Å²) in [7, 11) is 0. The maximum atomic E-state index is 13.0. The summed E-state index contributed by atoms with van der Waals surface area (Å²) in [4.78, 5) is 16.5. The molecule has 0 aliphatic carbocycles. The van der Waals surface area contributed by atoms with Crippen molar-refractivity contribution in [1.29, 1.82) is 0 Å². The second-order valence-electron chi connectivity index (χ2n) is 6.08. The van der Waals surface area contributed by atoms with E-state index in [1.807, 2.05) is 80.3 Å². The highest BCUT2D eigenvalue weighted by Gasteiger charge is 2.50. The molecule has 0 N–H and O–H groups in total. The second kappa shape index (κ2) is 6.24. The maximum absolute atomic E-state index is 13.0. The zero-order chi connectivity index (χ0) is 17.3. The summed E-state index contributed by atoms with van der Waals surface area (Å²) >= 11 is 5.64. The number of anilines is 2. The Hall–Kier alpha value is -2.40. The van der Waals surface area contributed by atoms with Crippen LogP contribution in [0.5, 0.6) is 5.75 Å². The summed E-state index contributed by atoms with van der Waals surface area (Å²) in [5.74, 6) is 0.767. The summed E-state index contributed by atoms with van der Waals surface area (Å²) in [5.41, 5.74) is 0.911. The van der Waals surface area contributed by atoms with Crippen molar-refractivity contribution in [2.45, 2.75) is 26.3 Å². The number of carbonyl (C=O) groups excluding carboxylic acids is 1. The van der Waals surface area contributed by atoms with Gasteiger partial charge in [-0.25, -0.2) is 0 Å². The Balaban J connectivity index is 1.99. The Morgan fingerprint density at radius 3 is 2.21 bits per heavy atom. The van der Waals surface area contributed by atoms with Gasteiger partial charge >= 0.3 is 0 Å². The molecular weight excluding hydrogens is 320 g/mol. The van der Waals surface area contributed by atoms with Crippen molar-refractivity contribution in [2.24, 2.45) is 0 Å². The van der Waals surface area contributed by atoms with E-state index in [9.17, 15) is 4.79 Å². The summed E-state index contributed by atoms with van der Waals surface area (Å²) < 4.78 is 5.49. The first-order valence-electron chi connectivity index (χ1n) is 7.93. The van der Waals surface area contributed by atoms with Crippen molar-refractivity contribution in [3.63, 3.8) is 0 Å². The van der Waals surface area contributed by atoms with Gasteiger partial charge in [0.25, 0.3) is 5.91 Å². The number of hydrogen-bond donors (Lipinski definition) is 0. The molecule has 2 aromatic carbocycles. The van der Waals surface area contributed by atoms with Gasteiger partial charge in [0.15, 0.2) is 5.11 Å². The topological polar surface area (TPSA) is 32.8 Å². The van der Waals surface area contributed by atoms with Crippen LogP contribution >= 0.6 is 12.2 Å². The molecule has 1 aliphatic heterocycles. The molecule has 0 bridgehead atoms. The molecule has 124 valence electrons. The van der Waals surface area contributed by atoms with Crippen molar-refractivity contribution in [1.82, 2.24) is 0 Å². The van der Waals surface area contributed by atoms with E-state index in [0.29, 0.717) is 11.7 Å². The Morgan fingerprint density at radius 2 is 1.62 bits per heavy atom. The van der Waals surface area contributed by atoms with Gasteiger partial charge in [-0.15, -0.1) is 0 Å². The van der Waals surface area contributed by atoms with Crippen LogP contribution in [0.25, 0.3) is 0 Å². The highest BCUT2D eigenvalue weighted by molar-refractivity contribution is 7.81. The minimum atomic E-state index is -0.750. The minimum absolute atomic E-state index is 0.0346. The van der Waals surface area contributed by atoms with Gasteiger partial charge in [0.05, 0.1) is 12.3 Å². The van der Waals surface area contributed by atoms with Gasteiger partial charge < -0.3 is 9.64 Å². The molecule has 2 aromatic rings. The van der Waals surface area contributed by atoms with Crippen molar-refractivity contribution in [3.05, 3.63) is 54.6 Å².